The van der Waals surface area contributed by atoms with E-state index in [1.54, 1.807) is 6.92 Å². The molecule has 0 N–H and O–H groups in total. The molecule has 0 radical (unpaired) electrons. The van der Waals surface area contributed by atoms with Gasteiger partial charge >= 0.3 is 0 Å². The number of hydrogen-bond acceptors (Lipinski definition) is 4. The van der Waals surface area contributed by atoms with Gasteiger partial charge in [-0.25, -0.2) is 17.6 Å². The fraction of sp³-hybridized carbons (Fsp3) is 0.316. The van der Waals surface area contributed by atoms with E-state index in [1.165, 1.54) is 29.5 Å². The molecule has 3 heterocycles. The van der Waals surface area contributed by atoms with Gasteiger partial charge in [-0.1, -0.05) is 6.07 Å². The van der Waals surface area contributed by atoms with Crippen LogP contribution >= 0.6 is 11.3 Å². The van der Waals surface area contributed by atoms with E-state index >= 15 is 0 Å². The van der Waals surface area contributed by atoms with Gasteiger partial charge in [0.05, 0.1) is 11.3 Å². The summed E-state index contributed by atoms with van der Waals surface area (Å²) in [7, 11) is 0. The van der Waals surface area contributed by atoms with Crippen LogP contribution in [0.15, 0.2) is 23.2 Å². The number of aliphatic imine (C=N–C) groups is 1. The average molecular weight is 406 g/mol. The highest BCUT2D eigenvalue weighted by molar-refractivity contribution is 7.15. The normalized spacial score (nSPS) is 17.9. The first-order valence-electron chi connectivity index (χ1n) is 8.79. The van der Waals surface area contributed by atoms with E-state index in [9.17, 15) is 17.6 Å². The van der Waals surface area contributed by atoms with Crippen LogP contribution in [0.4, 0.5) is 17.6 Å². The number of benzene rings is 1. The minimum Gasteiger partial charge on any atom is -0.276 e. The number of aromatic nitrogens is 3. The third-order valence-corrected chi connectivity index (χ3v) is 6.49. The lowest BCUT2D eigenvalue weighted by molar-refractivity contribution is 0.0826. The Balaban J connectivity index is 1.78. The van der Waals surface area contributed by atoms with Crippen LogP contribution in [-0.4, -0.2) is 26.9 Å². The standard InChI is InChI=1S/C19H14F4N4S/c1-8-25-26-14-7-24-17(16-11(20)3-2-4-12(16)21)15-10-5-9(18(22)23)6-13(10)28-19(15)27(8)14/h2-4,9,18H,5-7H2,1H3/t9-/m1/s1. The molecule has 2 aromatic heterocycles. The molecule has 3 aromatic rings. The van der Waals surface area contributed by atoms with E-state index in [2.05, 4.69) is 15.2 Å². The van der Waals surface area contributed by atoms with E-state index in [1.807, 2.05) is 4.57 Å². The van der Waals surface area contributed by atoms with Gasteiger partial charge in [-0.2, -0.15) is 0 Å². The van der Waals surface area contributed by atoms with Gasteiger partial charge in [-0.3, -0.25) is 9.56 Å². The highest BCUT2D eigenvalue weighted by atomic mass is 32.1. The molecular weight excluding hydrogens is 392 g/mol. The fourth-order valence-corrected chi connectivity index (χ4v) is 5.45. The Bertz CT molecular complexity index is 1110. The Morgan fingerprint density at radius 2 is 1.86 bits per heavy atom. The van der Waals surface area contributed by atoms with Crippen LogP contribution in [0.25, 0.3) is 5.00 Å². The lowest BCUT2D eigenvalue weighted by atomic mass is 9.97. The van der Waals surface area contributed by atoms with Gasteiger partial charge in [0.15, 0.2) is 5.82 Å². The van der Waals surface area contributed by atoms with Gasteiger partial charge in [0.1, 0.15) is 29.0 Å². The minimum atomic E-state index is -2.45. The molecule has 0 saturated carbocycles. The fourth-order valence-electron chi connectivity index (χ4n) is 3.96. The summed E-state index contributed by atoms with van der Waals surface area (Å²) in [6.45, 7) is 1.88. The van der Waals surface area contributed by atoms with Crippen molar-refractivity contribution in [1.29, 1.82) is 0 Å². The lowest BCUT2D eigenvalue weighted by Gasteiger charge is -2.13. The van der Waals surface area contributed by atoms with Crippen LogP contribution in [0.5, 0.6) is 0 Å². The molecule has 0 fully saturated rings. The topological polar surface area (TPSA) is 43.1 Å². The third kappa shape index (κ3) is 2.45. The van der Waals surface area contributed by atoms with Crippen LogP contribution in [0, 0.1) is 24.5 Å². The number of alkyl halides is 2. The summed E-state index contributed by atoms with van der Waals surface area (Å²) in [5, 5.41) is 8.89. The molecule has 2 aliphatic rings. The molecule has 1 atom stereocenters. The minimum absolute atomic E-state index is 0.0956. The van der Waals surface area contributed by atoms with E-state index in [0.717, 1.165) is 4.88 Å². The number of aryl methyl sites for hydroxylation is 1. The van der Waals surface area contributed by atoms with E-state index in [-0.39, 0.29) is 30.7 Å². The van der Waals surface area contributed by atoms with Gasteiger partial charge < -0.3 is 0 Å². The van der Waals surface area contributed by atoms with Gasteiger partial charge in [0.25, 0.3) is 0 Å². The molecule has 0 spiro atoms. The van der Waals surface area contributed by atoms with Crippen molar-refractivity contribution in [3.63, 3.8) is 0 Å². The molecule has 0 bridgehead atoms. The number of nitrogens with zero attached hydrogens (tertiary/aromatic N) is 4. The molecule has 5 rings (SSSR count). The molecular formula is C19H14F4N4S. The highest BCUT2D eigenvalue weighted by Crippen LogP contribution is 2.44. The first-order valence-corrected chi connectivity index (χ1v) is 9.60. The summed E-state index contributed by atoms with van der Waals surface area (Å²) in [4.78, 5) is 5.27. The smallest absolute Gasteiger partial charge is 0.242 e. The lowest BCUT2D eigenvalue weighted by Crippen LogP contribution is -2.14. The van der Waals surface area contributed by atoms with Crippen molar-refractivity contribution >= 4 is 17.0 Å². The summed E-state index contributed by atoms with van der Waals surface area (Å²) in [5.41, 5.74) is 1.14. The van der Waals surface area contributed by atoms with E-state index in [0.29, 0.717) is 27.8 Å². The quantitative estimate of drug-likeness (QED) is 0.598. The zero-order valence-electron chi connectivity index (χ0n) is 14.7. The maximum Gasteiger partial charge on any atom is 0.242 e. The monoisotopic (exact) mass is 406 g/mol. The average Bonchev–Trinajstić information content (AvgIpc) is 3.27. The number of halogens is 4. The Morgan fingerprint density at radius 1 is 1.11 bits per heavy atom. The number of fused-ring (bicyclic) bond motifs is 5. The molecule has 28 heavy (non-hydrogen) atoms. The van der Waals surface area contributed by atoms with Crippen molar-refractivity contribution in [2.45, 2.75) is 32.7 Å². The first kappa shape index (κ1) is 17.5. The molecule has 1 aliphatic carbocycles. The summed E-state index contributed by atoms with van der Waals surface area (Å²) in [6.07, 6.45) is -2.04. The van der Waals surface area contributed by atoms with Crippen LogP contribution in [0.1, 0.15) is 33.2 Å². The molecule has 0 amide bonds. The van der Waals surface area contributed by atoms with Gasteiger partial charge in [-0.05, 0) is 37.5 Å². The molecule has 9 heteroatoms. The summed E-state index contributed by atoms with van der Waals surface area (Å²) < 4.78 is 57.6. The second kappa shape index (κ2) is 6.23. The Hall–Kier alpha value is -2.55. The SMILES string of the molecule is Cc1nnc2n1-c1sc3c(c1C(c1c(F)cccc1F)=NC2)C[C@@H](C(F)F)C3. The van der Waals surface area contributed by atoms with Crippen LogP contribution in [0.3, 0.4) is 0 Å². The molecule has 1 aromatic carbocycles. The van der Waals surface area contributed by atoms with E-state index < -0.39 is 24.0 Å². The van der Waals surface area contributed by atoms with Gasteiger partial charge in [0.2, 0.25) is 6.43 Å². The van der Waals surface area contributed by atoms with Crippen LogP contribution in [-0.2, 0) is 19.4 Å². The molecule has 144 valence electrons. The third-order valence-electron chi connectivity index (χ3n) is 5.25. The Kier molecular flexibility index (Phi) is 3.90. The maximum atomic E-state index is 14.6. The molecule has 0 saturated heterocycles. The molecule has 0 unspecified atom stereocenters. The summed E-state index contributed by atoms with van der Waals surface area (Å²) >= 11 is 1.35. The van der Waals surface area contributed by atoms with Crippen molar-refractivity contribution < 1.29 is 17.6 Å². The second-order valence-electron chi connectivity index (χ2n) is 6.95. The zero-order valence-corrected chi connectivity index (χ0v) is 15.5. The zero-order chi connectivity index (χ0) is 19.6. The predicted molar refractivity (Wildman–Crippen MR) is 96.6 cm³/mol. The van der Waals surface area contributed by atoms with Crippen molar-refractivity contribution in [2.24, 2.45) is 10.9 Å². The molecule has 1 aliphatic heterocycles. The summed E-state index contributed by atoms with van der Waals surface area (Å²) in [5.74, 6) is -1.09. The molecule has 4 nitrogen and oxygen atoms in total. The van der Waals surface area contributed by atoms with Crippen molar-refractivity contribution in [2.75, 3.05) is 0 Å². The maximum absolute atomic E-state index is 14.6. The number of thiophene rings is 1. The summed E-state index contributed by atoms with van der Waals surface area (Å²) in [6, 6.07) is 3.63. The van der Waals surface area contributed by atoms with E-state index in [4.69, 9.17) is 0 Å². The Labute approximate surface area is 161 Å². The Morgan fingerprint density at radius 3 is 2.57 bits per heavy atom. The van der Waals surface area contributed by atoms with Gasteiger partial charge in [0, 0.05) is 16.4 Å². The van der Waals surface area contributed by atoms with Crippen LogP contribution in [0.2, 0.25) is 0 Å². The second-order valence-corrected chi connectivity index (χ2v) is 8.03. The van der Waals surface area contributed by atoms with Crippen molar-refractivity contribution in [3.05, 3.63) is 63.0 Å². The van der Waals surface area contributed by atoms with Crippen LogP contribution < -0.4 is 0 Å². The number of hydrogen-bond donors (Lipinski definition) is 0. The highest BCUT2D eigenvalue weighted by Gasteiger charge is 2.38. The largest absolute Gasteiger partial charge is 0.276 e. The van der Waals surface area contributed by atoms with Gasteiger partial charge in [-0.15, -0.1) is 21.5 Å². The van der Waals surface area contributed by atoms with Crippen molar-refractivity contribution in [3.8, 4) is 5.00 Å². The van der Waals surface area contributed by atoms with Crippen molar-refractivity contribution in [1.82, 2.24) is 14.8 Å². The first-order chi connectivity index (χ1) is 13.5. The predicted octanol–water partition coefficient (Wildman–Crippen LogP) is 4.25. The number of rotatable bonds is 2.